The molecular weight excluding hydrogens is 274 g/mol. The fourth-order valence-electron chi connectivity index (χ4n) is 1.32. The summed E-state index contributed by atoms with van der Waals surface area (Å²) in [5.74, 6) is 0. The Labute approximate surface area is 112 Å². The van der Waals surface area contributed by atoms with Crippen molar-refractivity contribution in [3.63, 3.8) is 0 Å². The Morgan fingerprint density at radius 3 is 1.71 bits per heavy atom. The van der Waals surface area contributed by atoms with E-state index in [1.807, 2.05) is 36.4 Å². The molecule has 0 spiro atoms. The number of alkyl halides is 1. The van der Waals surface area contributed by atoms with Gasteiger partial charge in [0.15, 0.2) is 0 Å². The van der Waals surface area contributed by atoms with Gasteiger partial charge < -0.3 is 5.32 Å². The minimum absolute atomic E-state index is 0.804. The number of aryl methyl sites for hydroxylation is 1. The SMILES string of the molecule is CCc1ccc(NCBr)cc1.c1ccccc1. The van der Waals surface area contributed by atoms with Gasteiger partial charge in [0.25, 0.3) is 0 Å². The van der Waals surface area contributed by atoms with E-state index >= 15 is 0 Å². The van der Waals surface area contributed by atoms with E-state index in [4.69, 9.17) is 0 Å². The molecule has 0 atom stereocenters. The first kappa shape index (κ1) is 13.8. The molecule has 1 N–H and O–H groups in total. The molecule has 0 amide bonds. The van der Waals surface area contributed by atoms with Gasteiger partial charge in [-0.2, -0.15) is 0 Å². The van der Waals surface area contributed by atoms with Crippen molar-refractivity contribution in [3.8, 4) is 0 Å². The Balaban J connectivity index is 0.000000202. The molecule has 0 saturated heterocycles. The minimum atomic E-state index is 0.804. The predicted molar refractivity (Wildman–Crippen MR) is 79.7 cm³/mol. The van der Waals surface area contributed by atoms with Crippen LogP contribution in [0.4, 0.5) is 5.69 Å². The molecule has 0 fully saturated rings. The van der Waals surface area contributed by atoms with Crippen molar-refractivity contribution in [2.75, 3.05) is 10.8 Å². The van der Waals surface area contributed by atoms with Crippen LogP contribution in [0.5, 0.6) is 0 Å². The Morgan fingerprint density at radius 2 is 1.35 bits per heavy atom. The van der Waals surface area contributed by atoms with Gasteiger partial charge in [0, 0.05) is 5.69 Å². The van der Waals surface area contributed by atoms with Gasteiger partial charge in [-0.05, 0) is 24.1 Å². The summed E-state index contributed by atoms with van der Waals surface area (Å²) in [6.07, 6.45) is 1.11. The highest BCUT2D eigenvalue weighted by molar-refractivity contribution is 9.09. The number of nitrogens with one attached hydrogen (secondary N) is 1. The summed E-state index contributed by atoms with van der Waals surface area (Å²) in [7, 11) is 0. The molecule has 2 rings (SSSR count). The van der Waals surface area contributed by atoms with Crippen molar-refractivity contribution in [2.45, 2.75) is 13.3 Å². The van der Waals surface area contributed by atoms with Crippen LogP contribution in [0.1, 0.15) is 12.5 Å². The minimum Gasteiger partial charge on any atom is -0.375 e. The predicted octanol–water partition coefficient (Wildman–Crippen LogP) is 4.70. The number of benzene rings is 2. The molecule has 0 radical (unpaired) electrons. The Kier molecular flexibility index (Phi) is 7.15. The molecule has 0 unspecified atom stereocenters. The molecular formula is C15H18BrN. The lowest BCUT2D eigenvalue weighted by Crippen LogP contribution is -1.93. The first-order valence-electron chi connectivity index (χ1n) is 5.75. The van der Waals surface area contributed by atoms with Crippen LogP contribution in [-0.4, -0.2) is 5.45 Å². The van der Waals surface area contributed by atoms with Crippen LogP contribution >= 0.6 is 15.9 Å². The van der Waals surface area contributed by atoms with Gasteiger partial charge in [0.1, 0.15) is 0 Å². The zero-order chi connectivity index (χ0) is 12.3. The maximum atomic E-state index is 3.31. The highest BCUT2D eigenvalue weighted by Gasteiger charge is 1.89. The highest BCUT2D eigenvalue weighted by atomic mass is 79.9. The number of hydrogen-bond donors (Lipinski definition) is 1. The van der Waals surface area contributed by atoms with Crippen LogP contribution in [0.2, 0.25) is 0 Å². The largest absolute Gasteiger partial charge is 0.375 e. The van der Waals surface area contributed by atoms with E-state index in [-0.39, 0.29) is 0 Å². The monoisotopic (exact) mass is 291 g/mol. The van der Waals surface area contributed by atoms with Crippen molar-refractivity contribution in [1.82, 2.24) is 0 Å². The van der Waals surface area contributed by atoms with E-state index in [0.717, 1.165) is 11.9 Å². The maximum absolute atomic E-state index is 3.31. The van der Waals surface area contributed by atoms with E-state index in [9.17, 15) is 0 Å². The third-order valence-electron chi connectivity index (χ3n) is 2.30. The lowest BCUT2D eigenvalue weighted by atomic mass is 10.1. The van der Waals surface area contributed by atoms with Crippen molar-refractivity contribution in [3.05, 3.63) is 66.2 Å². The molecule has 0 heterocycles. The van der Waals surface area contributed by atoms with Gasteiger partial charge >= 0.3 is 0 Å². The molecule has 0 aliphatic rings. The Bertz CT molecular complexity index is 357. The molecule has 0 aromatic heterocycles. The summed E-state index contributed by atoms with van der Waals surface area (Å²) < 4.78 is 0. The van der Waals surface area contributed by atoms with Crippen LogP contribution in [0.3, 0.4) is 0 Å². The third kappa shape index (κ3) is 6.12. The zero-order valence-electron chi connectivity index (χ0n) is 10.1. The van der Waals surface area contributed by atoms with Crippen molar-refractivity contribution < 1.29 is 0 Å². The average molecular weight is 292 g/mol. The Hall–Kier alpha value is -1.28. The molecule has 0 aliphatic heterocycles. The van der Waals surface area contributed by atoms with Crippen molar-refractivity contribution >= 4 is 21.6 Å². The summed E-state index contributed by atoms with van der Waals surface area (Å²) in [6, 6.07) is 20.5. The van der Waals surface area contributed by atoms with Gasteiger partial charge in [-0.15, -0.1) is 0 Å². The van der Waals surface area contributed by atoms with Gasteiger partial charge in [0.05, 0.1) is 5.45 Å². The second kappa shape index (κ2) is 8.82. The third-order valence-corrected chi connectivity index (χ3v) is 2.58. The summed E-state index contributed by atoms with van der Waals surface area (Å²) >= 11 is 3.31. The molecule has 0 bridgehead atoms. The summed E-state index contributed by atoms with van der Waals surface area (Å²) in [4.78, 5) is 0. The highest BCUT2D eigenvalue weighted by Crippen LogP contribution is 2.09. The van der Waals surface area contributed by atoms with Crippen molar-refractivity contribution in [2.24, 2.45) is 0 Å². The number of halogens is 1. The number of hydrogen-bond acceptors (Lipinski definition) is 1. The quantitative estimate of drug-likeness (QED) is 0.638. The Morgan fingerprint density at radius 1 is 0.882 bits per heavy atom. The van der Waals surface area contributed by atoms with Crippen molar-refractivity contribution in [1.29, 1.82) is 0 Å². The molecule has 2 heteroatoms. The first-order valence-corrected chi connectivity index (χ1v) is 6.87. The van der Waals surface area contributed by atoms with Crippen LogP contribution in [0.15, 0.2) is 60.7 Å². The van der Waals surface area contributed by atoms with Gasteiger partial charge in [0.2, 0.25) is 0 Å². The zero-order valence-corrected chi connectivity index (χ0v) is 11.7. The fourth-order valence-corrected chi connectivity index (χ4v) is 1.64. The number of rotatable bonds is 3. The fraction of sp³-hybridized carbons (Fsp3) is 0.200. The van der Waals surface area contributed by atoms with Crippen LogP contribution in [0.25, 0.3) is 0 Å². The molecule has 0 aliphatic carbocycles. The standard InChI is InChI=1S/C9H12BrN.C6H6/c1-2-8-3-5-9(6-4-8)11-7-10;1-2-4-6-5-3-1/h3-6,11H,2,7H2,1H3;1-6H. The van der Waals surface area contributed by atoms with E-state index in [1.165, 1.54) is 11.3 Å². The molecule has 17 heavy (non-hydrogen) atoms. The van der Waals surface area contributed by atoms with Crippen LogP contribution < -0.4 is 5.32 Å². The number of anilines is 1. The smallest absolute Gasteiger partial charge is 0.0707 e. The summed E-state index contributed by atoms with van der Waals surface area (Å²) in [5, 5.41) is 3.18. The lowest BCUT2D eigenvalue weighted by Gasteiger charge is -2.02. The van der Waals surface area contributed by atoms with Crippen LogP contribution in [-0.2, 0) is 6.42 Å². The van der Waals surface area contributed by atoms with Crippen LogP contribution in [0, 0.1) is 0 Å². The van der Waals surface area contributed by atoms with Gasteiger partial charge in [-0.1, -0.05) is 71.4 Å². The molecule has 2 aromatic carbocycles. The van der Waals surface area contributed by atoms with E-state index in [2.05, 4.69) is 52.4 Å². The first-order chi connectivity index (χ1) is 8.36. The van der Waals surface area contributed by atoms with Gasteiger partial charge in [-0.25, -0.2) is 0 Å². The van der Waals surface area contributed by atoms with E-state index in [1.54, 1.807) is 0 Å². The molecule has 2 aromatic rings. The molecule has 1 nitrogen and oxygen atoms in total. The normalized spacial score (nSPS) is 9.06. The summed E-state index contributed by atoms with van der Waals surface area (Å²) in [5.41, 5.74) is 3.35. The second-order valence-electron chi connectivity index (χ2n) is 3.52. The van der Waals surface area contributed by atoms with E-state index in [0.29, 0.717) is 0 Å². The topological polar surface area (TPSA) is 12.0 Å². The lowest BCUT2D eigenvalue weighted by molar-refractivity contribution is 1.14. The van der Waals surface area contributed by atoms with Gasteiger partial charge in [-0.3, -0.25) is 0 Å². The average Bonchev–Trinajstić information content (AvgIpc) is 2.43. The maximum Gasteiger partial charge on any atom is 0.0707 e. The van der Waals surface area contributed by atoms with E-state index < -0.39 is 0 Å². The molecule has 90 valence electrons. The second-order valence-corrected chi connectivity index (χ2v) is 4.08. The molecule has 0 saturated carbocycles. The summed E-state index contributed by atoms with van der Waals surface area (Å²) in [6.45, 7) is 2.16.